The first-order valence-electron chi connectivity index (χ1n) is 7.47. The summed E-state index contributed by atoms with van der Waals surface area (Å²) in [5.74, 6) is -0.167. The molecule has 0 aromatic heterocycles. The first-order chi connectivity index (χ1) is 11.3. The number of hydrogen-bond donors (Lipinski definition) is 3. The quantitative estimate of drug-likeness (QED) is 0.220. The van der Waals surface area contributed by atoms with Gasteiger partial charge in [-0.1, -0.05) is 12.1 Å². The Bertz CT molecular complexity index is 513. The zero-order valence-corrected chi connectivity index (χ0v) is 16.1. The van der Waals surface area contributed by atoms with Gasteiger partial charge in [0.15, 0.2) is 5.96 Å². The van der Waals surface area contributed by atoms with Crippen LogP contribution in [0, 0.1) is 0 Å². The topological polar surface area (TPSA) is 89.1 Å². The fraction of sp³-hybridized carbons (Fsp3) is 0.533. The van der Waals surface area contributed by atoms with Gasteiger partial charge in [0, 0.05) is 19.8 Å². The Labute approximate surface area is 161 Å². The van der Waals surface area contributed by atoms with Crippen LogP contribution in [0.5, 0.6) is 5.75 Å². The van der Waals surface area contributed by atoms with Gasteiger partial charge in [-0.25, -0.2) is 0 Å². The Hall–Kier alpha value is -1.27. The lowest BCUT2D eigenvalue weighted by molar-refractivity contribution is -0.274. The van der Waals surface area contributed by atoms with Crippen LogP contribution in [0.2, 0.25) is 0 Å². The van der Waals surface area contributed by atoms with Gasteiger partial charge in [-0.3, -0.25) is 4.99 Å². The Balaban J connectivity index is 0.00000576. The second kappa shape index (κ2) is 12.1. The lowest BCUT2D eigenvalue weighted by atomic mass is 10.1. The number of nitrogens with one attached hydrogen (secondary N) is 1. The maximum Gasteiger partial charge on any atom is 0.573 e. The lowest BCUT2D eigenvalue weighted by Gasteiger charge is -2.12. The van der Waals surface area contributed by atoms with Crippen LogP contribution in [-0.2, 0) is 4.74 Å². The maximum atomic E-state index is 12.1. The number of halogens is 4. The van der Waals surface area contributed by atoms with Crippen LogP contribution in [-0.4, -0.2) is 43.7 Å². The highest BCUT2D eigenvalue weighted by molar-refractivity contribution is 14.0. The second-order valence-corrected chi connectivity index (χ2v) is 4.84. The predicted molar refractivity (Wildman–Crippen MR) is 99.1 cm³/mol. The van der Waals surface area contributed by atoms with Gasteiger partial charge < -0.3 is 25.6 Å². The summed E-state index contributed by atoms with van der Waals surface area (Å²) in [6, 6.07) is 4.94. The van der Waals surface area contributed by atoms with Crippen LogP contribution in [0.15, 0.2) is 29.3 Å². The number of nitrogens with zero attached hydrogens (tertiary/aromatic N) is 1. The summed E-state index contributed by atoms with van der Waals surface area (Å²) in [7, 11) is 0. The number of rotatable bonds is 9. The third-order valence-electron chi connectivity index (χ3n) is 2.91. The van der Waals surface area contributed by atoms with Crippen molar-refractivity contribution < 1.29 is 27.8 Å². The average Bonchev–Trinajstić information content (AvgIpc) is 2.51. The number of aliphatic hydroxyl groups excluding tert-OH is 1. The zero-order valence-electron chi connectivity index (χ0n) is 13.8. The summed E-state index contributed by atoms with van der Waals surface area (Å²) >= 11 is 0. The Morgan fingerprint density at radius 3 is 2.52 bits per heavy atom. The fourth-order valence-corrected chi connectivity index (χ4v) is 1.77. The number of hydrogen-bond acceptors (Lipinski definition) is 4. The molecule has 0 aliphatic carbocycles. The summed E-state index contributed by atoms with van der Waals surface area (Å²) in [6.07, 6.45) is -4.95. The molecule has 0 amide bonds. The molecule has 144 valence electrons. The molecule has 0 saturated heterocycles. The molecule has 1 unspecified atom stereocenters. The molecular weight excluding hydrogens is 454 g/mol. The van der Waals surface area contributed by atoms with Crippen molar-refractivity contribution in [1.29, 1.82) is 0 Å². The monoisotopic (exact) mass is 477 g/mol. The van der Waals surface area contributed by atoms with Crippen molar-refractivity contribution in [2.24, 2.45) is 10.7 Å². The number of guanidine groups is 1. The molecule has 1 aromatic rings. The van der Waals surface area contributed by atoms with Crippen LogP contribution in [0.1, 0.15) is 25.0 Å². The van der Waals surface area contributed by atoms with Gasteiger partial charge in [0.25, 0.3) is 0 Å². The summed E-state index contributed by atoms with van der Waals surface area (Å²) in [4.78, 5) is 3.98. The maximum absolute atomic E-state index is 12.1. The molecule has 6 nitrogen and oxygen atoms in total. The SMILES string of the molecule is CCOCCCNC(N)=NCC(O)c1ccc(OC(F)(F)F)cc1.I. The largest absolute Gasteiger partial charge is 0.573 e. The summed E-state index contributed by atoms with van der Waals surface area (Å²) in [5.41, 5.74) is 6.06. The minimum absolute atomic E-state index is 0. The van der Waals surface area contributed by atoms with E-state index < -0.39 is 12.5 Å². The number of benzene rings is 1. The van der Waals surface area contributed by atoms with Crippen LogP contribution in [0.4, 0.5) is 13.2 Å². The Kier molecular flexibility index (Phi) is 11.5. The Morgan fingerprint density at radius 2 is 1.96 bits per heavy atom. The van der Waals surface area contributed by atoms with Crippen LogP contribution < -0.4 is 15.8 Å². The first kappa shape index (κ1) is 23.7. The molecule has 0 saturated carbocycles. The van der Waals surface area contributed by atoms with E-state index in [1.165, 1.54) is 12.1 Å². The normalized spacial score (nSPS) is 13.1. The molecule has 1 aromatic carbocycles. The van der Waals surface area contributed by atoms with Crippen molar-refractivity contribution in [3.63, 3.8) is 0 Å². The molecule has 1 atom stereocenters. The lowest BCUT2D eigenvalue weighted by Crippen LogP contribution is -2.33. The van der Waals surface area contributed by atoms with Crippen molar-refractivity contribution in [2.45, 2.75) is 25.8 Å². The standard InChI is InChI=1S/C15H22F3N3O3.HI/c1-2-23-9-3-8-20-14(19)21-10-13(22)11-4-6-12(7-5-11)24-15(16,17)18;/h4-7,13,22H,2-3,8-10H2,1H3,(H3,19,20,21);1H. The van der Waals surface area contributed by atoms with Gasteiger partial charge in [0.05, 0.1) is 12.6 Å². The minimum atomic E-state index is -4.74. The van der Waals surface area contributed by atoms with Crippen molar-refractivity contribution in [1.82, 2.24) is 5.32 Å². The number of aliphatic imine (C=N–C) groups is 1. The van der Waals surface area contributed by atoms with Gasteiger partial charge in [-0.2, -0.15) is 0 Å². The molecule has 4 N–H and O–H groups in total. The minimum Gasteiger partial charge on any atom is -0.406 e. The molecule has 0 heterocycles. The van der Waals surface area contributed by atoms with Gasteiger partial charge >= 0.3 is 6.36 Å². The molecule has 10 heteroatoms. The third-order valence-corrected chi connectivity index (χ3v) is 2.91. The predicted octanol–water partition coefficient (Wildman–Crippen LogP) is 2.57. The first-order valence-corrected chi connectivity index (χ1v) is 7.47. The fourth-order valence-electron chi connectivity index (χ4n) is 1.77. The van der Waals surface area contributed by atoms with Crippen molar-refractivity contribution >= 4 is 29.9 Å². The van der Waals surface area contributed by atoms with Gasteiger partial charge in [0.1, 0.15) is 5.75 Å². The van der Waals surface area contributed by atoms with Crippen molar-refractivity contribution in [3.05, 3.63) is 29.8 Å². The van der Waals surface area contributed by atoms with E-state index in [0.29, 0.717) is 25.3 Å². The van der Waals surface area contributed by atoms with E-state index >= 15 is 0 Å². The highest BCUT2D eigenvalue weighted by Gasteiger charge is 2.31. The number of alkyl halides is 3. The molecule has 0 aliphatic rings. The molecule has 0 spiro atoms. The molecule has 25 heavy (non-hydrogen) atoms. The van der Waals surface area contributed by atoms with Gasteiger partial charge in [-0.05, 0) is 31.0 Å². The van der Waals surface area contributed by atoms with E-state index in [2.05, 4.69) is 15.0 Å². The van der Waals surface area contributed by atoms with E-state index in [9.17, 15) is 18.3 Å². The summed E-state index contributed by atoms with van der Waals surface area (Å²) < 4.78 is 45.1. The smallest absolute Gasteiger partial charge is 0.406 e. The number of nitrogens with two attached hydrogens (primary N) is 1. The van der Waals surface area contributed by atoms with Crippen LogP contribution in [0.25, 0.3) is 0 Å². The second-order valence-electron chi connectivity index (χ2n) is 4.84. The average molecular weight is 477 g/mol. The highest BCUT2D eigenvalue weighted by Crippen LogP contribution is 2.24. The van der Waals surface area contributed by atoms with Crippen LogP contribution in [0.3, 0.4) is 0 Å². The van der Waals surface area contributed by atoms with E-state index in [1.807, 2.05) is 6.92 Å². The van der Waals surface area contributed by atoms with E-state index in [-0.39, 0.29) is 42.2 Å². The van der Waals surface area contributed by atoms with Crippen LogP contribution >= 0.6 is 24.0 Å². The molecule has 0 bridgehead atoms. The molecule has 1 rings (SSSR count). The number of aliphatic hydroxyl groups is 1. The summed E-state index contributed by atoms with van der Waals surface area (Å²) in [5, 5.41) is 12.8. The molecular formula is C15H23F3IN3O3. The van der Waals surface area contributed by atoms with Gasteiger partial charge in [0.2, 0.25) is 0 Å². The third kappa shape index (κ3) is 11.1. The van der Waals surface area contributed by atoms with Crippen molar-refractivity contribution in [3.8, 4) is 5.75 Å². The van der Waals surface area contributed by atoms with E-state index in [4.69, 9.17) is 10.5 Å². The number of ether oxygens (including phenoxy) is 2. The molecule has 0 aliphatic heterocycles. The van der Waals surface area contributed by atoms with Gasteiger partial charge in [-0.15, -0.1) is 37.1 Å². The van der Waals surface area contributed by atoms with E-state index in [1.54, 1.807) is 0 Å². The Morgan fingerprint density at radius 1 is 1.32 bits per heavy atom. The zero-order chi connectivity index (χ0) is 18.0. The summed E-state index contributed by atoms with van der Waals surface area (Å²) in [6.45, 7) is 3.76. The highest BCUT2D eigenvalue weighted by atomic mass is 127. The molecule has 0 radical (unpaired) electrons. The van der Waals surface area contributed by atoms with Crippen molar-refractivity contribution in [2.75, 3.05) is 26.3 Å². The van der Waals surface area contributed by atoms with E-state index in [0.717, 1.165) is 18.6 Å². The molecule has 0 fully saturated rings.